The number of hydrogen-bond donors (Lipinski definition) is 1. The summed E-state index contributed by atoms with van der Waals surface area (Å²) in [6.45, 7) is 4.08. The summed E-state index contributed by atoms with van der Waals surface area (Å²) in [6.07, 6.45) is 4.89. The molecule has 0 radical (unpaired) electrons. The van der Waals surface area contributed by atoms with Crippen molar-refractivity contribution in [1.29, 1.82) is 0 Å². The quantitative estimate of drug-likeness (QED) is 0.719. The van der Waals surface area contributed by atoms with Crippen LogP contribution in [0, 0.1) is 0 Å². The third-order valence-electron chi connectivity index (χ3n) is 4.07. The van der Waals surface area contributed by atoms with Crippen molar-refractivity contribution in [3.63, 3.8) is 0 Å². The molecule has 0 aliphatic rings. The first-order chi connectivity index (χ1) is 12.2. The van der Waals surface area contributed by atoms with E-state index in [1.54, 1.807) is 23.7 Å². The highest BCUT2D eigenvalue weighted by atomic mass is 32.1. The van der Waals surface area contributed by atoms with E-state index < -0.39 is 0 Å². The fourth-order valence-corrected chi connectivity index (χ4v) is 3.28. The third-order valence-corrected chi connectivity index (χ3v) is 4.96. The molecule has 0 fully saturated rings. The number of nitrogens with one attached hydrogen (secondary N) is 1. The van der Waals surface area contributed by atoms with Crippen molar-refractivity contribution in [3.05, 3.63) is 59.7 Å². The van der Waals surface area contributed by atoms with Gasteiger partial charge in [-0.1, -0.05) is 31.2 Å². The molecule has 0 saturated carbocycles. The van der Waals surface area contributed by atoms with Crippen LogP contribution in [0.15, 0.2) is 54.2 Å². The van der Waals surface area contributed by atoms with Gasteiger partial charge in [-0.3, -0.25) is 9.78 Å². The first kappa shape index (κ1) is 17.3. The molecule has 1 amide bonds. The second-order valence-corrected chi connectivity index (χ2v) is 6.88. The molecule has 3 aromatic rings. The number of pyridine rings is 1. The normalized spacial score (nSPS) is 11.9. The molecule has 0 aliphatic carbocycles. The monoisotopic (exact) mass is 351 g/mol. The van der Waals surface area contributed by atoms with Gasteiger partial charge >= 0.3 is 0 Å². The van der Waals surface area contributed by atoms with Crippen molar-refractivity contribution in [2.24, 2.45) is 0 Å². The Hall–Kier alpha value is -2.53. The number of carbonyl (C=O) groups is 1. The lowest BCUT2D eigenvalue weighted by atomic mass is 10.1. The van der Waals surface area contributed by atoms with Crippen LogP contribution < -0.4 is 5.32 Å². The maximum atomic E-state index is 12.0. The molecule has 4 nitrogen and oxygen atoms in total. The number of rotatable bonds is 6. The van der Waals surface area contributed by atoms with Crippen LogP contribution in [0.25, 0.3) is 21.8 Å². The van der Waals surface area contributed by atoms with Crippen LogP contribution in [-0.4, -0.2) is 21.9 Å². The number of nitrogens with zero attached hydrogens (tertiary/aromatic N) is 2. The van der Waals surface area contributed by atoms with E-state index in [-0.39, 0.29) is 11.9 Å². The molecule has 1 aromatic carbocycles. The SMILES string of the molecule is CC[C@H](C)NC(=O)Cc1ccc(-c2csc(-c3ccncc3)n2)cc1. The third kappa shape index (κ3) is 4.51. The molecular formula is C20H21N3OS. The van der Waals surface area contributed by atoms with E-state index in [1.165, 1.54) is 0 Å². The van der Waals surface area contributed by atoms with Crippen LogP contribution in [0.2, 0.25) is 0 Å². The summed E-state index contributed by atoms with van der Waals surface area (Å²) in [4.78, 5) is 20.7. The number of benzene rings is 1. The van der Waals surface area contributed by atoms with E-state index in [9.17, 15) is 4.79 Å². The van der Waals surface area contributed by atoms with E-state index in [1.807, 2.05) is 43.3 Å². The predicted molar refractivity (Wildman–Crippen MR) is 102 cm³/mol. The highest BCUT2D eigenvalue weighted by Crippen LogP contribution is 2.28. The zero-order valence-corrected chi connectivity index (χ0v) is 15.2. The van der Waals surface area contributed by atoms with Crippen LogP contribution in [0.4, 0.5) is 0 Å². The molecule has 1 atom stereocenters. The highest BCUT2D eigenvalue weighted by Gasteiger charge is 2.09. The van der Waals surface area contributed by atoms with E-state index >= 15 is 0 Å². The summed E-state index contributed by atoms with van der Waals surface area (Å²) in [5.41, 5.74) is 4.09. The molecule has 0 saturated heterocycles. The average molecular weight is 351 g/mol. The molecule has 128 valence electrons. The molecule has 0 aliphatic heterocycles. The Morgan fingerprint density at radius 3 is 2.52 bits per heavy atom. The van der Waals surface area contributed by atoms with E-state index in [4.69, 9.17) is 4.98 Å². The number of amides is 1. The van der Waals surface area contributed by atoms with Gasteiger partial charge in [0.15, 0.2) is 0 Å². The lowest BCUT2D eigenvalue weighted by Gasteiger charge is -2.11. The molecule has 0 bridgehead atoms. The highest BCUT2D eigenvalue weighted by molar-refractivity contribution is 7.13. The zero-order valence-electron chi connectivity index (χ0n) is 14.4. The standard InChI is InChI=1S/C20H21N3OS/c1-3-14(2)22-19(24)12-15-4-6-16(7-5-15)18-13-25-20(23-18)17-8-10-21-11-9-17/h4-11,13-14H,3,12H2,1-2H3,(H,22,24)/t14-/m0/s1. The van der Waals surface area contributed by atoms with Gasteiger partial charge < -0.3 is 5.32 Å². The summed E-state index contributed by atoms with van der Waals surface area (Å²) < 4.78 is 0. The van der Waals surface area contributed by atoms with Crippen LogP contribution in [0.5, 0.6) is 0 Å². The van der Waals surface area contributed by atoms with Gasteiger partial charge in [0.05, 0.1) is 12.1 Å². The minimum absolute atomic E-state index is 0.0655. The van der Waals surface area contributed by atoms with Crippen molar-refractivity contribution >= 4 is 17.2 Å². The first-order valence-corrected chi connectivity index (χ1v) is 9.28. The van der Waals surface area contributed by atoms with Crippen molar-refractivity contribution in [2.45, 2.75) is 32.7 Å². The van der Waals surface area contributed by atoms with E-state index in [0.717, 1.165) is 33.8 Å². The number of thiazole rings is 1. The Morgan fingerprint density at radius 1 is 1.12 bits per heavy atom. The lowest BCUT2D eigenvalue weighted by Crippen LogP contribution is -2.33. The van der Waals surface area contributed by atoms with Crippen molar-refractivity contribution < 1.29 is 4.79 Å². The summed E-state index contributed by atoms with van der Waals surface area (Å²) in [7, 11) is 0. The van der Waals surface area contributed by atoms with Crippen molar-refractivity contribution in [3.8, 4) is 21.8 Å². The fourth-order valence-electron chi connectivity index (χ4n) is 2.44. The molecule has 2 aromatic heterocycles. The Labute approximate surface area is 152 Å². The van der Waals surface area contributed by atoms with Crippen LogP contribution in [0.1, 0.15) is 25.8 Å². The topological polar surface area (TPSA) is 54.9 Å². The second kappa shape index (κ2) is 8.03. The zero-order chi connectivity index (χ0) is 17.6. The van der Waals surface area contributed by atoms with Gasteiger partial charge in [-0.2, -0.15) is 0 Å². The van der Waals surface area contributed by atoms with Gasteiger partial charge in [0.1, 0.15) is 5.01 Å². The fraction of sp³-hybridized carbons (Fsp3) is 0.250. The summed E-state index contributed by atoms with van der Waals surface area (Å²) in [5, 5.41) is 6.03. The minimum Gasteiger partial charge on any atom is -0.353 e. The molecule has 3 rings (SSSR count). The van der Waals surface area contributed by atoms with Gasteiger partial charge in [-0.25, -0.2) is 4.98 Å². The van der Waals surface area contributed by atoms with Crippen LogP contribution in [-0.2, 0) is 11.2 Å². The van der Waals surface area contributed by atoms with Gasteiger partial charge in [-0.05, 0) is 31.0 Å². The first-order valence-electron chi connectivity index (χ1n) is 8.40. The number of hydrogen-bond acceptors (Lipinski definition) is 4. The largest absolute Gasteiger partial charge is 0.353 e. The van der Waals surface area contributed by atoms with Gasteiger partial charge in [-0.15, -0.1) is 11.3 Å². The molecule has 5 heteroatoms. The molecule has 1 N–H and O–H groups in total. The molecule has 25 heavy (non-hydrogen) atoms. The second-order valence-electron chi connectivity index (χ2n) is 6.02. The maximum absolute atomic E-state index is 12.0. The van der Waals surface area contributed by atoms with Gasteiger partial charge in [0, 0.05) is 34.9 Å². The van der Waals surface area contributed by atoms with Crippen molar-refractivity contribution in [2.75, 3.05) is 0 Å². The molecule has 0 spiro atoms. The van der Waals surface area contributed by atoms with E-state index in [0.29, 0.717) is 6.42 Å². The van der Waals surface area contributed by atoms with Crippen LogP contribution in [0.3, 0.4) is 0 Å². The smallest absolute Gasteiger partial charge is 0.224 e. The molecule has 2 heterocycles. The molecule has 0 unspecified atom stereocenters. The summed E-state index contributed by atoms with van der Waals surface area (Å²) in [5.74, 6) is 0.0655. The number of carbonyl (C=O) groups excluding carboxylic acids is 1. The predicted octanol–water partition coefficient (Wildman–Crippen LogP) is 4.33. The Balaban J connectivity index is 1.69. The van der Waals surface area contributed by atoms with Crippen molar-refractivity contribution in [1.82, 2.24) is 15.3 Å². The summed E-state index contributed by atoms with van der Waals surface area (Å²) >= 11 is 1.62. The van der Waals surface area contributed by atoms with Crippen LogP contribution >= 0.6 is 11.3 Å². The maximum Gasteiger partial charge on any atom is 0.224 e. The van der Waals surface area contributed by atoms with Gasteiger partial charge in [0.2, 0.25) is 5.91 Å². The minimum atomic E-state index is 0.0655. The lowest BCUT2D eigenvalue weighted by molar-refractivity contribution is -0.121. The van der Waals surface area contributed by atoms with E-state index in [2.05, 4.69) is 22.6 Å². The Morgan fingerprint density at radius 2 is 1.84 bits per heavy atom. The molecular weight excluding hydrogens is 330 g/mol. The summed E-state index contributed by atoms with van der Waals surface area (Å²) in [6, 6.07) is 12.2. The average Bonchev–Trinajstić information content (AvgIpc) is 3.13. The number of aromatic nitrogens is 2. The van der Waals surface area contributed by atoms with Gasteiger partial charge in [0.25, 0.3) is 0 Å². The Kier molecular flexibility index (Phi) is 5.56. The Bertz CT molecular complexity index is 828.